The first-order valence-electron chi connectivity index (χ1n) is 6.54. The highest BCUT2D eigenvalue weighted by Crippen LogP contribution is 2.26. The van der Waals surface area contributed by atoms with Crippen LogP contribution in [0.1, 0.15) is 27.8 Å². The molecule has 22 heavy (non-hydrogen) atoms. The molecule has 2 aromatic heterocycles. The number of Topliss-reactive ketones (excluding diaryl/α,β-unsaturated/α-hetero) is 1. The zero-order valence-corrected chi connectivity index (χ0v) is 13.3. The summed E-state index contributed by atoms with van der Waals surface area (Å²) < 4.78 is 0. The number of thiazole rings is 1. The number of hydrogen-bond acceptors (Lipinski definition) is 5. The minimum Gasteiger partial charge on any atom is -0.321 e. The van der Waals surface area contributed by atoms with Crippen molar-refractivity contribution in [2.45, 2.75) is 6.92 Å². The van der Waals surface area contributed by atoms with Gasteiger partial charge < -0.3 is 5.32 Å². The van der Waals surface area contributed by atoms with Crippen LogP contribution in [0.4, 0.5) is 5.69 Å². The van der Waals surface area contributed by atoms with E-state index in [4.69, 9.17) is 0 Å². The number of ketones is 1. The summed E-state index contributed by atoms with van der Waals surface area (Å²) in [6.45, 7) is 1.49. The monoisotopic (exact) mass is 328 g/mol. The second-order valence-corrected chi connectivity index (χ2v) is 6.28. The van der Waals surface area contributed by atoms with Gasteiger partial charge >= 0.3 is 0 Å². The van der Waals surface area contributed by atoms with Crippen LogP contribution in [0.25, 0.3) is 10.6 Å². The Balaban J connectivity index is 1.77. The first-order chi connectivity index (χ1) is 10.6. The molecule has 0 saturated carbocycles. The largest absolute Gasteiger partial charge is 0.321 e. The number of anilines is 1. The van der Waals surface area contributed by atoms with E-state index in [0.717, 1.165) is 10.6 Å². The van der Waals surface area contributed by atoms with Crippen molar-refractivity contribution in [1.82, 2.24) is 4.98 Å². The van der Waals surface area contributed by atoms with Gasteiger partial charge in [-0.3, -0.25) is 9.59 Å². The van der Waals surface area contributed by atoms with Crippen molar-refractivity contribution in [3.8, 4) is 10.6 Å². The summed E-state index contributed by atoms with van der Waals surface area (Å²) in [4.78, 5) is 27.9. The molecular weight excluding hydrogens is 316 g/mol. The van der Waals surface area contributed by atoms with Crippen molar-refractivity contribution in [2.75, 3.05) is 5.32 Å². The molecule has 0 aliphatic rings. The molecule has 0 aliphatic carbocycles. The van der Waals surface area contributed by atoms with Crippen LogP contribution >= 0.6 is 22.7 Å². The summed E-state index contributed by atoms with van der Waals surface area (Å²) in [5.74, 6) is -0.317. The van der Waals surface area contributed by atoms with Gasteiger partial charge in [0.15, 0.2) is 5.78 Å². The number of carbonyl (C=O) groups excluding carboxylic acids is 2. The average Bonchev–Trinajstić information content (AvgIpc) is 3.18. The SMILES string of the molecule is CC(=O)c1cccc(NC(=O)c2csc(-c3ccsc3)n2)c1. The van der Waals surface area contributed by atoms with Crippen molar-refractivity contribution in [3.05, 3.63) is 57.7 Å². The number of thiophene rings is 1. The highest BCUT2D eigenvalue weighted by Gasteiger charge is 2.12. The zero-order valence-electron chi connectivity index (χ0n) is 11.7. The number of amides is 1. The number of aromatic nitrogens is 1. The fourth-order valence-corrected chi connectivity index (χ4v) is 3.42. The summed E-state index contributed by atoms with van der Waals surface area (Å²) in [7, 11) is 0. The molecule has 0 saturated heterocycles. The lowest BCUT2D eigenvalue weighted by Crippen LogP contribution is -2.12. The smallest absolute Gasteiger partial charge is 0.275 e. The highest BCUT2D eigenvalue weighted by atomic mass is 32.1. The van der Waals surface area contributed by atoms with Crippen LogP contribution in [-0.4, -0.2) is 16.7 Å². The van der Waals surface area contributed by atoms with Gasteiger partial charge in [-0.1, -0.05) is 12.1 Å². The number of rotatable bonds is 4. The Morgan fingerprint density at radius 3 is 2.77 bits per heavy atom. The molecule has 0 fully saturated rings. The lowest BCUT2D eigenvalue weighted by molar-refractivity contribution is 0.100. The molecule has 0 unspecified atom stereocenters. The highest BCUT2D eigenvalue weighted by molar-refractivity contribution is 7.14. The molecule has 0 radical (unpaired) electrons. The van der Waals surface area contributed by atoms with Gasteiger partial charge in [0, 0.05) is 27.6 Å². The molecule has 0 aliphatic heterocycles. The third kappa shape index (κ3) is 3.13. The van der Waals surface area contributed by atoms with E-state index in [1.807, 2.05) is 16.8 Å². The predicted molar refractivity (Wildman–Crippen MR) is 89.8 cm³/mol. The third-order valence-corrected chi connectivity index (χ3v) is 4.61. The van der Waals surface area contributed by atoms with E-state index in [0.29, 0.717) is 16.9 Å². The van der Waals surface area contributed by atoms with Crippen molar-refractivity contribution in [3.63, 3.8) is 0 Å². The molecule has 2 heterocycles. The first kappa shape index (κ1) is 14.6. The standard InChI is InChI=1S/C16H12N2O2S2/c1-10(19)11-3-2-4-13(7-11)17-15(20)14-9-22-16(18-14)12-5-6-21-8-12/h2-9H,1H3,(H,17,20). The maximum absolute atomic E-state index is 12.2. The normalized spacial score (nSPS) is 10.4. The second-order valence-electron chi connectivity index (χ2n) is 4.64. The number of nitrogens with zero attached hydrogens (tertiary/aromatic N) is 1. The summed E-state index contributed by atoms with van der Waals surface area (Å²) in [5.41, 5.74) is 2.55. The van der Waals surface area contributed by atoms with Crippen LogP contribution in [0.2, 0.25) is 0 Å². The Morgan fingerprint density at radius 1 is 1.18 bits per heavy atom. The van der Waals surface area contributed by atoms with Gasteiger partial charge in [-0.25, -0.2) is 4.98 Å². The molecule has 3 aromatic rings. The van der Waals surface area contributed by atoms with Crippen molar-refractivity contribution < 1.29 is 9.59 Å². The van der Waals surface area contributed by atoms with Gasteiger partial charge in [0.1, 0.15) is 10.7 Å². The maximum atomic E-state index is 12.2. The van der Waals surface area contributed by atoms with Crippen LogP contribution in [0, 0.1) is 0 Å². The predicted octanol–water partition coefficient (Wildman–Crippen LogP) is 4.33. The molecule has 0 spiro atoms. The van der Waals surface area contributed by atoms with Gasteiger partial charge in [0.05, 0.1) is 0 Å². The van der Waals surface area contributed by atoms with Crippen LogP contribution in [0.3, 0.4) is 0 Å². The molecule has 1 aromatic carbocycles. The van der Waals surface area contributed by atoms with Crippen LogP contribution in [0.5, 0.6) is 0 Å². The first-order valence-corrected chi connectivity index (χ1v) is 8.36. The molecule has 0 bridgehead atoms. The van der Waals surface area contributed by atoms with Gasteiger partial charge in [-0.05, 0) is 30.5 Å². The fourth-order valence-electron chi connectivity index (χ4n) is 1.91. The van der Waals surface area contributed by atoms with Gasteiger partial charge in [0.2, 0.25) is 0 Å². The van der Waals surface area contributed by atoms with Crippen molar-refractivity contribution in [2.24, 2.45) is 0 Å². The van der Waals surface area contributed by atoms with E-state index >= 15 is 0 Å². The summed E-state index contributed by atoms with van der Waals surface area (Å²) in [5, 5.41) is 9.30. The molecule has 0 atom stereocenters. The van der Waals surface area contributed by atoms with Gasteiger partial charge in [-0.15, -0.1) is 11.3 Å². The summed E-state index contributed by atoms with van der Waals surface area (Å²) in [6.07, 6.45) is 0. The number of hydrogen-bond donors (Lipinski definition) is 1. The fraction of sp³-hybridized carbons (Fsp3) is 0.0625. The van der Waals surface area contributed by atoms with E-state index in [2.05, 4.69) is 10.3 Å². The molecule has 1 amide bonds. The lowest BCUT2D eigenvalue weighted by Gasteiger charge is -2.04. The van der Waals surface area contributed by atoms with Gasteiger partial charge in [-0.2, -0.15) is 11.3 Å². The summed E-state index contributed by atoms with van der Waals surface area (Å²) >= 11 is 3.03. The second kappa shape index (κ2) is 6.21. The Bertz CT molecular complexity index is 822. The average molecular weight is 328 g/mol. The van der Waals surface area contributed by atoms with E-state index in [1.54, 1.807) is 41.0 Å². The molecule has 3 rings (SSSR count). The van der Waals surface area contributed by atoms with Crippen LogP contribution in [-0.2, 0) is 0 Å². The summed E-state index contributed by atoms with van der Waals surface area (Å²) in [6, 6.07) is 8.84. The van der Waals surface area contributed by atoms with E-state index in [1.165, 1.54) is 18.3 Å². The van der Waals surface area contributed by atoms with Crippen molar-refractivity contribution in [1.29, 1.82) is 0 Å². The van der Waals surface area contributed by atoms with E-state index < -0.39 is 0 Å². The van der Waals surface area contributed by atoms with Gasteiger partial charge in [0.25, 0.3) is 5.91 Å². The minimum absolute atomic E-state index is 0.0375. The number of carbonyl (C=O) groups is 2. The minimum atomic E-state index is -0.279. The molecule has 6 heteroatoms. The third-order valence-electron chi connectivity index (χ3n) is 3.03. The number of nitrogens with one attached hydrogen (secondary N) is 1. The molecular formula is C16H12N2O2S2. The van der Waals surface area contributed by atoms with E-state index in [9.17, 15) is 9.59 Å². The Hall–Kier alpha value is -2.31. The van der Waals surface area contributed by atoms with Crippen LogP contribution < -0.4 is 5.32 Å². The molecule has 110 valence electrons. The molecule has 4 nitrogen and oxygen atoms in total. The van der Waals surface area contributed by atoms with Crippen molar-refractivity contribution >= 4 is 40.1 Å². The Labute approximate surface area is 135 Å². The maximum Gasteiger partial charge on any atom is 0.275 e. The number of benzene rings is 1. The Kier molecular flexibility index (Phi) is 4.13. The lowest BCUT2D eigenvalue weighted by atomic mass is 10.1. The quantitative estimate of drug-likeness (QED) is 0.725. The molecule has 1 N–H and O–H groups in total. The topological polar surface area (TPSA) is 59.1 Å². The van der Waals surface area contributed by atoms with E-state index in [-0.39, 0.29) is 11.7 Å². The zero-order chi connectivity index (χ0) is 15.5. The van der Waals surface area contributed by atoms with Crippen LogP contribution in [0.15, 0.2) is 46.5 Å². The Morgan fingerprint density at radius 2 is 2.05 bits per heavy atom.